The third-order valence-corrected chi connectivity index (χ3v) is 5.67. The van der Waals surface area contributed by atoms with Gasteiger partial charge >= 0.3 is 5.97 Å². The standard InChI is InChI=1S/C26H22FN3O3/c1-3-33-25(31)22-23(16-11-13-19(32-2)14-12-16)29-26-28-20-9-4-5-10-21(20)30(26)24(22)17-7-6-8-18(27)15-17/h4-15,24H,3H2,1-2H3,(H,28,29)/t24-/m1/s1. The fraction of sp³-hybridized carbons (Fsp3) is 0.154. The lowest BCUT2D eigenvalue weighted by Gasteiger charge is -2.31. The van der Waals surface area contributed by atoms with Gasteiger partial charge in [0.05, 0.1) is 42.1 Å². The predicted octanol–water partition coefficient (Wildman–Crippen LogP) is 5.17. The summed E-state index contributed by atoms with van der Waals surface area (Å²) in [6.07, 6.45) is 0. The van der Waals surface area contributed by atoms with E-state index in [1.165, 1.54) is 12.1 Å². The van der Waals surface area contributed by atoms with E-state index in [4.69, 9.17) is 14.5 Å². The highest BCUT2D eigenvalue weighted by atomic mass is 19.1. The number of benzene rings is 3. The number of para-hydroxylation sites is 2. The van der Waals surface area contributed by atoms with E-state index in [1.54, 1.807) is 20.1 Å². The number of carbonyl (C=O) groups excluding carboxylic acids is 1. The molecular weight excluding hydrogens is 421 g/mol. The highest BCUT2D eigenvalue weighted by Crippen LogP contribution is 2.42. The first-order valence-corrected chi connectivity index (χ1v) is 10.7. The Hall–Kier alpha value is -4.13. The van der Waals surface area contributed by atoms with Crippen LogP contribution in [0.3, 0.4) is 0 Å². The third-order valence-electron chi connectivity index (χ3n) is 5.67. The van der Waals surface area contributed by atoms with E-state index in [1.807, 2.05) is 59.2 Å². The summed E-state index contributed by atoms with van der Waals surface area (Å²) in [5.41, 5.74) is 3.91. The maximum atomic E-state index is 14.3. The van der Waals surface area contributed by atoms with Gasteiger partial charge in [-0.25, -0.2) is 14.2 Å². The van der Waals surface area contributed by atoms with Crippen molar-refractivity contribution in [1.82, 2.24) is 9.55 Å². The molecule has 0 spiro atoms. The van der Waals surface area contributed by atoms with Crippen LogP contribution in [0.5, 0.6) is 5.75 Å². The molecular formula is C26H22FN3O3. The van der Waals surface area contributed by atoms with Crippen LogP contribution in [0.15, 0.2) is 78.4 Å². The van der Waals surface area contributed by atoms with Crippen LogP contribution in [0.2, 0.25) is 0 Å². The number of ether oxygens (including phenoxy) is 2. The molecule has 6 nitrogen and oxygen atoms in total. The Kier molecular flexibility index (Phi) is 5.30. The number of nitrogens with zero attached hydrogens (tertiary/aromatic N) is 2. The molecule has 0 amide bonds. The first-order valence-electron chi connectivity index (χ1n) is 10.7. The minimum absolute atomic E-state index is 0.214. The molecule has 1 aliphatic rings. The average molecular weight is 443 g/mol. The maximum absolute atomic E-state index is 14.3. The number of methoxy groups -OCH3 is 1. The number of esters is 1. The monoisotopic (exact) mass is 443 g/mol. The number of hydrogen-bond acceptors (Lipinski definition) is 5. The lowest BCUT2D eigenvalue weighted by Crippen LogP contribution is -2.29. The van der Waals surface area contributed by atoms with Gasteiger partial charge in [-0.3, -0.25) is 4.57 Å². The molecule has 1 atom stereocenters. The smallest absolute Gasteiger partial charge is 0.338 e. The van der Waals surface area contributed by atoms with Gasteiger partial charge in [-0.2, -0.15) is 0 Å². The van der Waals surface area contributed by atoms with E-state index in [9.17, 15) is 9.18 Å². The predicted molar refractivity (Wildman–Crippen MR) is 124 cm³/mol. The number of rotatable bonds is 5. The van der Waals surface area contributed by atoms with Crippen LogP contribution < -0.4 is 10.1 Å². The van der Waals surface area contributed by atoms with Crippen LogP contribution in [0.1, 0.15) is 24.1 Å². The lowest BCUT2D eigenvalue weighted by atomic mass is 9.92. The van der Waals surface area contributed by atoms with Gasteiger partial charge < -0.3 is 14.8 Å². The fourth-order valence-corrected chi connectivity index (χ4v) is 4.24. The van der Waals surface area contributed by atoms with Crippen molar-refractivity contribution < 1.29 is 18.7 Å². The molecule has 0 bridgehead atoms. The summed E-state index contributed by atoms with van der Waals surface area (Å²) in [4.78, 5) is 18.1. The molecule has 3 aromatic carbocycles. The molecule has 0 unspecified atom stereocenters. The van der Waals surface area contributed by atoms with Gasteiger partial charge in [-0.05, 0) is 66.6 Å². The van der Waals surface area contributed by atoms with Crippen molar-refractivity contribution in [1.29, 1.82) is 0 Å². The van der Waals surface area contributed by atoms with Crippen molar-refractivity contribution in [2.24, 2.45) is 0 Å². The Morgan fingerprint density at radius 1 is 1.09 bits per heavy atom. The van der Waals surface area contributed by atoms with Gasteiger partial charge in [0, 0.05) is 0 Å². The summed E-state index contributed by atoms with van der Waals surface area (Å²) in [5, 5.41) is 3.34. The lowest BCUT2D eigenvalue weighted by molar-refractivity contribution is -0.138. The molecule has 1 aliphatic heterocycles. The van der Waals surface area contributed by atoms with E-state index < -0.39 is 12.0 Å². The van der Waals surface area contributed by atoms with Crippen molar-refractivity contribution in [3.8, 4) is 5.75 Å². The number of carbonyl (C=O) groups is 1. The summed E-state index contributed by atoms with van der Waals surface area (Å²) >= 11 is 0. The Balaban J connectivity index is 1.81. The van der Waals surface area contributed by atoms with Crippen LogP contribution in [0.4, 0.5) is 10.3 Å². The number of nitrogens with one attached hydrogen (secondary N) is 1. The molecule has 0 saturated carbocycles. The van der Waals surface area contributed by atoms with Crippen LogP contribution in [-0.2, 0) is 9.53 Å². The highest BCUT2D eigenvalue weighted by molar-refractivity contribution is 6.03. The minimum atomic E-state index is -0.638. The Bertz CT molecular complexity index is 1380. The molecule has 166 valence electrons. The molecule has 4 aromatic rings. The normalized spacial score (nSPS) is 15.2. The van der Waals surface area contributed by atoms with Crippen LogP contribution in [-0.4, -0.2) is 29.2 Å². The highest BCUT2D eigenvalue weighted by Gasteiger charge is 2.36. The third kappa shape index (κ3) is 3.61. The van der Waals surface area contributed by atoms with E-state index >= 15 is 0 Å². The molecule has 33 heavy (non-hydrogen) atoms. The van der Waals surface area contributed by atoms with E-state index in [0.29, 0.717) is 28.5 Å². The summed E-state index contributed by atoms with van der Waals surface area (Å²) in [6.45, 7) is 1.97. The van der Waals surface area contributed by atoms with E-state index in [0.717, 1.165) is 16.6 Å². The molecule has 7 heteroatoms. The van der Waals surface area contributed by atoms with Crippen molar-refractivity contribution in [2.45, 2.75) is 13.0 Å². The number of hydrogen-bond donors (Lipinski definition) is 1. The fourth-order valence-electron chi connectivity index (χ4n) is 4.24. The molecule has 5 rings (SSSR count). The van der Waals surface area contributed by atoms with Gasteiger partial charge in [0.25, 0.3) is 0 Å². The topological polar surface area (TPSA) is 65.4 Å². The largest absolute Gasteiger partial charge is 0.497 e. The Morgan fingerprint density at radius 3 is 2.61 bits per heavy atom. The number of imidazole rings is 1. The zero-order valence-electron chi connectivity index (χ0n) is 18.2. The van der Waals surface area contributed by atoms with Gasteiger partial charge in [-0.1, -0.05) is 24.3 Å². The van der Waals surface area contributed by atoms with Crippen molar-refractivity contribution in [3.63, 3.8) is 0 Å². The molecule has 1 N–H and O–H groups in total. The quantitative estimate of drug-likeness (QED) is 0.431. The average Bonchev–Trinajstić information content (AvgIpc) is 3.21. The van der Waals surface area contributed by atoms with Crippen LogP contribution in [0, 0.1) is 5.82 Å². The zero-order valence-corrected chi connectivity index (χ0v) is 18.2. The van der Waals surface area contributed by atoms with Crippen LogP contribution in [0.25, 0.3) is 16.7 Å². The Labute approximate surface area is 190 Å². The number of anilines is 1. The molecule has 1 aromatic heterocycles. The summed E-state index contributed by atoms with van der Waals surface area (Å²) in [7, 11) is 1.60. The van der Waals surface area contributed by atoms with Gasteiger partial charge in [0.1, 0.15) is 11.6 Å². The second-order valence-corrected chi connectivity index (χ2v) is 7.61. The number of halogens is 1. The van der Waals surface area contributed by atoms with Gasteiger partial charge in [0.2, 0.25) is 5.95 Å². The zero-order chi connectivity index (χ0) is 22.9. The molecule has 0 saturated heterocycles. The Morgan fingerprint density at radius 2 is 1.88 bits per heavy atom. The second kappa shape index (κ2) is 8.43. The first kappa shape index (κ1) is 20.8. The molecule has 0 aliphatic carbocycles. The van der Waals surface area contributed by atoms with Crippen molar-refractivity contribution in [2.75, 3.05) is 19.0 Å². The van der Waals surface area contributed by atoms with Crippen LogP contribution >= 0.6 is 0 Å². The minimum Gasteiger partial charge on any atom is -0.497 e. The number of fused-ring (bicyclic) bond motifs is 3. The second-order valence-electron chi connectivity index (χ2n) is 7.61. The summed E-state index contributed by atoms with van der Waals surface area (Å²) in [5.74, 6) is 0.394. The van der Waals surface area contributed by atoms with Gasteiger partial charge in [0.15, 0.2) is 0 Å². The maximum Gasteiger partial charge on any atom is 0.338 e. The van der Waals surface area contributed by atoms with Crippen molar-refractivity contribution >= 4 is 28.6 Å². The molecule has 0 radical (unpaired) electrons. The van der Waals surface area contributed by atoms with E-state index in [-0.39, 0.29) is 12.4 Å². The molecule has 0 fully saturated rings. The van der Waals surface area contributed by atoms with Gasteiger partial charge in [-0.15, -0.1) is 0 Å². The van der Waals surface area contributed by atoms with Crippen molar-refractivity contribution in [3.05, 3.63) is 95.3 Å². The SMILES string of the molecule is CCOC(=O)C1=C(c2ccc(OC)cc2)Nc2nc3ccccc3n2[C@@H]1c1cccc(F)c1. The summed E-state index contributed by atoms with van der Waals surface area (Å²) in [6, 6.07) is 20.7. The van der Waals surface area contributed by atoms with E-state index in [2.05, 4.69) is 5.32 Å². The summed E-state index contributed by atoms with van der Waals surface area (Å²) < 4.78 is 27.0. The molecule has 2 heterocycles. The first-order chi connectivity index (χ1) is 16.1. The number of aromatic nitrogens is 2.